The Morgan fingerprint density at radius 3 is 3.00 bits per heavy atom. The lowest BCUT2D eigenvalue weighted by atomic mass is 10.1. The molecule has 0 amide bonds. The molecule has 1 heterocycles. The zero-order chi connectivity index (χ0) is 13.7. The number of rotatable bonds is 4. The quantitative estimate of drug-likeness (QED) is 0.624. The van der Waals surface area contributed by atoms with Crippen LogP contribution in [-0.4, -0.2) is 24.7 Å². The van der Waals surface area contributed by atoms with Crippen LogP contribution in [0.3, 0.4) is 0 Å². The summed E-state index contributed by atoms with van der Waals surface area (Å²) >= 11 is 0. The van der Waals surface area contributed by atoms with E-state index in [4.69, 9.17) is 9.47 Å². The molecular formula is C15H15NO3. The first-order chi connectivity index (χ1) is 9.24. The Labute approximate surface area is 111 Å². The molecule has 0 unspecified atom stereocenters. The molecule has 0 radical (unpaired) electrons. The van der Waals surface area contributed by atoms with Gasteiger partial charge in [0, 0.05) is 29.3 Å². The molecule has 0 bridgehead atoms. The van der Waals surface area contributed by atoms with Crippen LogP contribution < -0.4 is 4.74 Å². The van der Waals surface area contributed by atoms with Crippen molar-refractivity contribution in [3.8, 4) is 5.75 Å². The summed E-state index contributed by atoms with van der Waals surface area (Å²) in [6.45, 7) is 2.13. The highest BCUT2D eigenvalue weighted by Crippen LogP contribution is 2.25. The first-order valence-electron chi connectivity index (χ1n) is 6.02. The predicted molar refractivity (Wildman–Crippen MR) is 74.0 cm³/mol. The average molecular weight is 257 g/mol. The van der Waals surface area contributed by atoms with Gasteiger partial charge in [-0.05, 0) is 25.1 Å². The van der Waals surface area contributed by atoms with E-state index in [1.54, 1.807) is 26.3 Å². The molecular weight excluding hydrogens is 242 g/mol. The van der Waals surface area contributed by atoms with Gasteiger partial charge in [-0.3, -0.25) is 4.98 Å². The maximum atomic E-state index is 11.3. The molecule has 0 atom stereocenters. The summed E-state index contributed by atoms with van der Waals surface area (Å²) in [5.41, 5.74) is 1.67. The summed E-state index contributed by atoms with van der Waals surface area (Å²) in [7, 11) is 1.59. The monoisotopic (exact) mass is 257 g/mol. The molecule has 1 aromatic heterocycles. The van der Waals surface area contributed by atoms with Gasteiger partial charge in [-0.2, -0.15) is 0 Å². The Kier molecular flexibility index (Phi) is 4.13. The summed E-state index contributed by atoms with van der Waals surface area (Å²) in [5.74, 6) is 0.308. The Bertz CT molecular complexity index is 620. The smallest absolute Gasteiger partial charge is 0.330 e. The largest absolute Gasteiger partial charge is 0.496 e. The van der Waals surface area contributed by atoms with Crippen molar-refractivity contribution in [2.75, 3.05) is 13.7 Å². The number of carbonyl (C=O) groups is 1. The first kappa shape index (κ1) is 13.1. The molecule has 2 rings (SSSR count). The lowest BCUT2D eigenvalue weighted by molar-refractivity contribution is -0.137. The van der Waals surface area contributed by atoms with E-state index >= 15 is 0 Å². The number of carbonyl (C=O) groups excluding carboxylic acids is 1. The molecule has 19 heavy (non-hydrogen) atoms. The van der Waals surface area contributed by atoms with Crippen LogP contribution >= 0.6 is 0 Å². The Morgan fingerprint density at radius 2 is 2.26 bits per heavy atom. The van der Waals surface area contributed by atoms with Gasteiger partial charge in [0.2, 0.25) is 0 Å². The summed E-state index contributed by atoms with van der Waals surface area (Å²) in [6.07, 6.45) is 4.81. The van der Waals surface area contributed by atoms with Crippen LogP contribution in [-0.2, 0) is 9.53 Å². The van der Waals surface area contributed by atoms with E-state index in [0.29, 0.717) is 12.4 Å². The normalized spacial score (nSPS) is 10.8. The van der Waals surface area contributed by atoms with Gasteiger partial charge in [-0.15, -0.1) is 0 Å². The van der Waals surface area contributed by atoms with Crippen molar-refractivity contribution in [2.24, 2.45) is 0 Å². The highest BCUT2D eigenvalue weighted by Gasteiger charge is 2.04. The van der Waals surface area contributed by atoms with E-state index in [0.717, 1.165) is 16.5 Å². The fourth-order valence-corrected chi connectivity index (χ4v) is 1.77. The maximum absolute atomic E-state index is 11.3. The van der Waals surface area contributed by atoms with Crippen LogP contribution in [0, 0.1) is 0 Å². The highest BCUT2D eigenvalue weighted by molar-refractivity contribution is 5.90. The van der Waals surface area contributed by atoms with Crippen molar-refractivity contribution >= 4 is 22.9 Å². The van der Waals surface area contributed by atoms with Crippen LogP contribution in [0.25, 0.3) is 17.0 Å². The summed E-state index contributed by atoms with van der Waals surface area (Å²) in [4.78, 5) is 15.6. The van der Waals surface area contributed by atoms with Gasteiger partial charge in [0.25, 0.3) is 0 Å². The Morgan fingerprint density at radius 1 is 1.42 bits per heavy atom. The fraction of sp³-hybridized carbons (Fsp3) is 0.200. The molecule has 0 aliphatic carbocycles. The number of methoxy groups -OCH3 is 1. The van der Waals surface area contributed by atoms with E-state index in [2.05, 4.69) is 4.98 Å². The van der Waals surface area contributed by atoms with Crippen molar-refractivity contribution in [3.63, 3.8) is 0 Å². The fourth-order valence-electron chi connectivity index (χ4n) is 1.77. The average Bonchev–Trinajstić information content (AvgIpc) is 2.44. The van der Waals surface area contributed by atoms with Crippen LogP contribution in [0.4, 0.5) is 0 Å². The Hall–Kier alpha value is -2.36. The topological polar surface area (TPSA) is 48.4 Å². The van der Waals surface area contributed by atoms with Gasteiger partial charge in [0.05, 0.1) is 19.2 Å². The molecule has 4 heteroatoms. The molecule has 0 spiro atoms. The summed E-state index contributed by atoms with van der Waals surface area (Å²) < 4.78 is 10.1. The first-order valence-corrected chi connectivity index (χ1v) is 6.02. The van der Waals surface area contributed by atoms with Crippen LogP contribution in [0.2, 0.25) is 0 Å². The zero-order valence-corrected chi connectivity index (χ0v) is 10.9. The van der Waals surface area contributed by atoms with Gasteiger partial charge in [0.1, 0.15) is 5.75 Å². The van der Waals surface area contributed by atoms with E-state index < -0.39 is 0 Å². The minimum absolute atomic E-state index is 0.363. The van der Waals surface area contributed by atoms with Crippen molar-refractivity contribution in [1.82, 2.24) is 4.98 Å². The van der Waals surface area contributed by atoms with E-state index in [9.17, 15) is 4.79 Å². The van der Waals surface area contributed by atoms with Crippen LogP contribution in [0.1, 0.15) is 12.5 Å². The standard InChI is InChI=1S/C15H15NO3/c1-3-19-15(17)7-6-12-9-11-5-4-8-16-13(11)10-14(12)18-2/h4-10H,3H2,1-2H3/b7-6+. The van der Waals surface area contributed by atoms with E-state index in [1.165, 1.54) is 6.08 Å². The molecule has 0 saturated carbocycles. The third-order valence-corrected chi connectivity index (χ3v) is 2.64. The number of benzene rings is 1. The number of aromatic nitrogens is 1. The van der Waals surface area contributed by atoms with Gasteiger partial charge in [0.15, 0.2) is 0 Å². The predicted octanol–water partition coefficient (Wildman–Crippen LogP) is 2.82. The minimum atomic E-state index is -0.365. The number of pyridine rings is 1. The van der Waals surface area contributed by atoms with Crippen molar-refractivity contribution in [1.29, 1.82) is 0 Å². The third-order valence-electron chi connectivity index (χ3n) is 2.64. The zero-order valence-electron chi connectivity index (χ0n) is 10.9. The van der Waals surface area contributed by atoms with E-state index in [1.807, 2.05) is 24.3 Å². The molecule has 0 aliphatic rings. The van der Waals surface area contributed by atoms with Crippen molar-refractivity contribution in [2.45, 2.75) is 6.92 Å². The number of hydrogen-bond donors (Lipinski definition) is 0. The molecule has 1 aromatic carbocycles. The Balaban J connectivity index is 2.38. The number of esters is 1. The second-order valence-corrected chi connectivity index (χ2v) is 3.88. The molecule has 2 aromatic rings. The highest BCUT2D eigenvalue weighted by atomic mass is 16.5. The summed E-state index contributed by atoms with van der Waals surface area (Å²) in [6, 6.07) is 7.61. The lowest BCUT2D eigenvalue weighted by Gasteiger charge is -2.06. The van der Waals surface area contributed by atoms with Crippen LogP contribution in [0.5, 0.6) is 5.75 Å². The van der Waals surface area contributed by atoms with Gasteiger partial charge in [-0.1, -0.05) is 6.07 Å². The number of fused-ring (bicyclic) bond motifs is 1. The second-order valence-electron chi connectivity index (χ2n) is 3.88. The second kappa shape index (κ2) is 6.00. The van der Waals surface area contributed by atoms with E-state index in [-0.39, 0.29) is 5.97 Å². The number of nitrogens with zero attached hydrogens (tertiary/aromatic N) is 1. The van der Waals surface area contributed by atoms with Gasteiger partial charge >= 0.3 is 5.97 Å². The molecule has 0 aliphatic heterocycles. The minimum Gasteiger partial charge on any atom is -0.496 e. The van der Waals surface area contributed by atoms with Crippen molar-refractivity contribution in [3.05, 3.63) is 42.1 Å². The number of ether oxygens (including phenoxy) is 2. The molecule has 0 saturated heterocycles. The van der Waals surface area contributed by atoms with Gasteiger partial charge in [-0.25, -0.2) is 4.79 Å². The number of hydrogen-bond acceptors (Lipinski definition) is 4. The lowest BCUT2D eigenvalue weighted by Crippen LogP contribution is -1.98. The maximum Gasteiger partial charge on any atom is 0.330 e. The van der Waals surface area contributed by atoms with Crippen LogP contribution in [0.15, 0.2) is 36.5 Å². The third kappa shape index (κ3) is 3.10. The van der Waals surface area contributed by atoms with Gasteiger partial charge < -0.3 is 9.47 Å². The van der Waals surface area contributed by atoms with Crippen molar-refractivity contribution < 1.29 is 14.3 Å². The molecule has 98 valence electrons. The molecule has 0 fully saturated rings. The SMILES string of the molecule is CCOC(=O)/C=C/c1cc2cccnc2cc1OC. The summed E-state index contributed by atoms with van der Waals surface area (Å²) in [5, 5.41) is 0.992. The molecule has 0 N–H and O–H groups in total. The molecule has 4 nitrogen and oxygen atoms in total.